The van der Waals surface area contributed by atoms with Crippen LogP contribution in [0.1, 0.15) is 28.3 Å². The molecule has 2 aliphatic heterocycles. The molecule has 2 aliphatic rings. The van der Waals surface area contributed by atoms with Gasteiger partial charge in [-0.25, -0.2) is 0 Å². The minimum absolute atomic E-state index is 0.0982. The van der Waals surface area contributed by atoms with Crippen LogP contribution in [0.4, 0.5) is 0 Å². The number of benzene rings is 3. The maximum Gasteiger partial charge on any atom is 0.295 e. The fourth-order valence-electron chi connectivity index (χ4n) is 4.91. The van der Waals surface area contributed by atoms with E-state index in [1.807, 2.05) is 73.7 Å². The second-order valence-corrected chi connectivity index (χ2v) is 9.66. The number of rotatable bonds is 8. The molecule has 7 nitrogen and oxygen atoms in total. The lowest BCUT2D eigenvalue weighted by atomic mass is 9.95. The molecule has 0 radical (unpaired) electrons. The Bertz CT molecular complexity index is 1310. The molecule has 3 aromatic carbocycles. The first-order valence-corrected chi connectivity index (χ1v) is 12.9. The first-order chi connectivity index (χ1) is 18.5. The summed E-state index contributed by atoms with van der Waals surface area (Å²) in [5, 5.41) is 11.3. The molecule has 1 unspecified atom stereocenters. The lowest BCUT2D eigenvalue weighted by molar-refractivity contribution is -0.140. The summed E-state index contributed by atoms with van der Waals surface area (Å²) >= 11 is 0. The molecule has 1 atom stereocenters. The summed E-state index contributed by atoms with van der Waals surface area (Å²) in [6.07, 6.45) is 0. The average molecular weight is 513 g/mol. The molecule has 1 N–H and O–H groups in total. The van der Waals surface area contributed by atoms with Crippen LogP contribution in [0.15, 0.2) is 84.4 Å². The summed E-state index contributed by atoms with van der Waals surface area (Å²) in [5.41, 5.74) is 3.39. The summed E-state index contributed by atoms with van der Waals surface area (Å²) in [5.74, 6) is -0.823. The predicted octanol–water partition coefficient (Wildman–Crippen LogP) is 4.33. The van der Waals surface area contributed by atoms with E-state index in [2.05, 4.69) is 4.90 Å². The van der Waals surface area contributed by atoms with Gasteiger partial charge in [0.2, 0.25) is 0 Å². The van der Waals surface area contributed by atoms with Crippen molar-refractivity contribution in [1.29, 1.82) is 0 Å². The van der Waals surface area contributed by atoms with Crippen molar-refractivity contribution in [2.45, 2.75) is 19.6 Å². The number of carbonyl (C=O) groups is 2. The summed E-state index contributed by atoms with van der Waals surface area (Å²) in [4.78, 5) is 30.5. The number of hydrogen-bond acceptors (Lipinski definition) is 6. The van der Waals surface area contributed by atoms with Gasteiger partial charge in [-0.3, -0.25) is 14.5 Å². The first-order valence-electron chi connectivity index (χ1n) is 12.9. The van der Waals surface area contributed by atoms with Crippen LogP contribution in [0.2, 0.25) is 0 Å². The second kappa shape index (κ2) is 11.6. The molecular weight excluding hydrogens is 480 g/mol. The summed E-state index contributed by atoms with van der Waals surface area (Å²) in [6, 6.07) is 23.8. The van der Waals surface area contributed by atoms with Crippen LogP contribution in [0.25, 0.3) is 5.76 Å². The van der Waals surface area contributed by atoms with Gasteiger partial charge in [-0.15, -0.1) is 0 Å². The SMILES string of the molecule is Cc1ccc(/C(O)=C2\C(=O)C(=O)N(CCN3CCOCC3)C2c2cccc(OCc3ccccc3)c2)cc1. The number of carbonyl (C=O) groups excluding carboxylic acids is 2. The van der Waals surface area contributed by atoms with Crippen LogP contribution in [-0.2, 0) is 20.9 Å². The van der Waals surface area contributed by atoms with E-state index in [4.69, 9.17) is 9.47 Å². The fraction of sp³-hybridized carbons (Fsp3) is 0.290. The maximum atomic E-state index is 13.4. The predicted molar refractivity (Wildman–Crippen MR) is 145 cm³/mol. The Hall–Kier alpha value is -3.94. The highest BCUT2D eigenvalue weighted by Gasteiger charge is 2.46. The molecule has 196 valence electrons. The number of morpholine rings is 1. The van der Waals surface area contributed by atoms with E-state index in [1.54, 1.807) is 17.0 Å². The number of likely N-dealkylation sites (tertiary alicyclic amines) is 1. The van der Waals surface area contributed by atoms with Gasteiger partial charge in [-0.1, -0.05) is 72.3 Å². The summed E-state index contributed by atoms with van der Waals surface area (Å²) in [6.45, 7) is 6.17. The minimum Gasteiger partial charge on any atom is -0.507 e. The van der Waals surface area contributed by atoms with Crippen LogP contribution in [-0.4, -0.2) is 66.0 Å². The third-order valence-corrected chi connectivity index (χ3v) is 7.05. The monoisotopic (exact) mass is 512 g/mol. The largest absolute Gasteiger partial charge is 0.507 e. The van der Waals surface area contributed by atoms with Gasteiger partial charge in [0.25, 0.3) is 11.7 Å². The lowest BCUT2D eigenvalue weighted by Crippen LogP contribution is -2.42. The molecule has 0 aliphatic carbocycles. The van der Waals surface area contributed by atoms with E-state index in [0.29, 0.717) is 49.8 Å². The van der Waals surface area contributed by atoms with E-state index in [9.17, 15) is 14.7 Å². The molecular formula is C31H32N2O5. The standard InChI is InChI=1S/C31H32N2O5/c1-22-10-12-24(13-11-22)29(34)27-28(33(31(36)30(27)35)15-14-32-16-18-37-19-17-32)25-8-5-9-26(20-25)38-21-23-6-3-2-4-7-23/h2-13,20,28,34H,14-19,21H2,1H3/b29-27+. The van der Waals surface area contributed by atoms with E-state index < -0.39 is 17.7 Å². The zero-order valence-corrected chi connectivity index (χ0v) is 21.5. The van der Waals surface area contributed by atoms with E-state index in [0.717, 1.165) is 24.2 Å². The van der Waals surface area contributed by atoms with Gasteiger partial charge in [0, 0.05) is 31.7 Å². The van der Waals surface area contributed by atoms with Crippen LogP contribution in [0.3, 0.4) is 0 Å². The number of aryl methyl sites for hydroxylation is 1. The number of aliphatic hydroxyl groups is 1. The Morgan fingerprint density at radius 3 is 2.42 bits per heavy atom. The topological polar surface area (TPSA) is 79.3 Å². The Morgan fingerprint density at radius 1 is 0.947 bits per heavy atom. The van der Waals surface area contributed by atoms with Gasteiger partial charge in [-0.05, 0) is 30.2 Å². The highest BCUT2D eigenvalue weighted by molar-refractivity contribution is 6.46. The third-order valence-electron chi connectivity index (χ3n) is 7.05. The van der Waals surface area contributed by atoms with Gasteiger partial charge >= 0.3 is 0 Å². The zero-order valence-electron chi connectivity index (χ0n) is 21.5. The normalized spacial score (nSPS) is 19.6. The van der Waals surface area contributed by atoms with Crippen molar-refractivity contribution in [3.63, 3.8) is 0 Å². The molecule has 1 amide bonds. The van der Waals surface area contributed by atoms with E-state index >= 15 is 0 Å². The lowest BCUT2D eigenvalue weighted by Gasteiger charge is -2.31. The molecule has 0 saturated carbocycles. The van der Waals surface area contributed by atoms with Gasteiger partial charge in [0.05, 0.1) is 24.8 Å². The molecule has 2 saturated heterocycles. The Labute approximate surface area is 222 Å². The van der Waals surface area contributed by atoms with E-state index in [-0.39, 0.29) is 11.3 Å². The Balaban J connectivity index is 1.49. The Morgan fingerprint density at radius 2 is 1.68 bits per heavy atom. The number of aliphatic hydroxyl groups excluding tert-OH is 1. The van der Waals surface area contributed by atoms with Crippen LogP contribution in [0.5, 0.6) is 5.75 Å². The Kier molecular flexibility index (Phi) is 7.86. The van der Waals surface area contributed by atoms with Crippen LogP contribution in [0, 0.1) is 6.92 Å². The average Bonchev–Trinajstić information content (AvgIpc) is 3.21. The van der Waals surface area contributed by atoms with Crippen molar-refractivity contribution in [2.75, 3.05) is 39.4 Å². The van der Waals surface area contributed by atoms with Crippen molar-refractivity contribution in [3.8, 4) is 5.75 Å². The number of Topliss-reactive ketones (excluding diaryl/α,β-unsaturated/α-hetero) is 1. The van der Waals surface area contributed by atoms with Gasteiger partial charge < -0.3 is 19.5 Å². The summed E-state index contributed by atoms with van der Waals surface area (Å²) in [7, 11) is 0. The molecule has 0 spiro atoms. The molecule has 3 aromatic rings. The third kappa shape index (κ3) is 5.64. The number of nitrogens with zero attached hydrogens (tertiary/aromatic N) is 2. The number of ketones is 1. The second-order valence-electron chi connectivity index (χ2n) is 9.66. The minimum atomic E-state index is -0.724. The molecule has 0 bridgehead atoms. The van der Waals surface area contributed by atoms with Crippen molar-refractivity contribution >= 4 is 17.4 Å². The van der Waals surface area contributed by atoms with Crippen molar-refractivity contribution < 1.29 is 24.2 Å². The van der Waals surface area contributed by atoms with Gasteiger partial charge in [0.1, 0.15) is 18.1 Å². The quantitative estimate of drug-likeness (QED) is 0.275. The smallest absolute Gasteiger partial charge is 0.295 e. The number of hydrogen-bond donors (Lipinski definition) is 1. The molecule has 2 heterocycles. The first kappa shape index (κ1) is 25.7. The van der Waals surface area contributed by atoms with E-state index in [1.165, 1.54) is 0 Å². The van der Waals surface area contributed by atoms with Crippen LogP contribution >= 0.6 is 0 Å². The van der Waals surface area contributed by atoms with Gasteiger partial charge in [-0.2, -0.15) is 0 Å². The number of ether oxygens (including phenoxy) is 2. The maximum absolute atomic E-state index is 13.4. The van der Waals surface area contributed by atoms with Crippen LogP contribution < -0.4 is 4.74 Å². The fourth-order valence-corrected chi connectivity index (χ4v) is 4.91. The molecule has 5 rings (SSSR count). The van der Waals surface area contributed by atoms with Crippen molar-refractivity contribution in [2.24, 2.45) is 0 Å². The zero-order chi connectivity index (χ0) is 26.5. The molecule has 38 heavy (non-hydrogen) atoms. The molecule has 2 fully saturated rings. The highest BCUT2D eigenvalue weighted by Crippen LogP contribution is 2.40. The van der Waals surface area contributed by atoms with Gasteiger partial charge in [0.15, 0.2) is 0 Å². The van der Waals surface area contributed by atoms with Crippen molar-refractivity contribution in [1.82, 2.24) is 9.80 Å². The molecule has 7 heteroatoms. The highest BCUT2D eigenvalue weighted by atomic mass is 16.5. The number of amides is 1. The van der Waals surface area contributed by atoms with Crippen molar-refractivity contribution in [3.05, 3.63) is 107 Å². The summed E-state index contributed by atoms with van der Waals surface area (Å²) < 4.78 is 11.5. The molecule has 0 aromatic heterocycles.